The van der Waals surface area contributed by atoms with Gasteiger partial charge in [0.05, 0.1) is 4.90 Å². The smallest absolute Gasteiger partial charge is 0.264 e. The Morgan fingerprint density at radius 2 is 1.61 bits per heavy atom. The molecule has 4 aromatic rings. The van der Waals surface area contributed by atoms with Crippen LogP contribution in [0.5, 0.6) is 5.75 Å². The fraction of sp³-hybridized carbons (Fsp3) is 0.120. The predicted molar refractivity (Wildman–Crippen MR) is 143 cm³/mol. The summed E-state index contributed by atoms with van der Waals surface area (Å²) in [6, 6.07) is 20.9. The van der Waals surface area contributed by atoms with Crippen LogP contribution in [0.2, 0.25) is 0 Å². The van der Waals surface area contributed by atoms with Crippen molar-refractivity contribution in [3.05, 3.63) is 84.2 Å². The van der Waals surface area contributed by atoms with E-state index < -0.39 is 15.9 Å². The van der Waals surface area contributed by atoms with E-state index in [-0.39, 0.29) is 22.6 Å². The number of benzene rings is 3. The molecule has 11 heteroatoms. The van der Waals surface area contributed by atoms with Gasteiger partial charge >= 0.3 is 0 Å². The molecule has 0 saturated carbocycles. The first kappa shape index (κ1) is 25.0. The van der Waals surface area contributed by atoms with E-state index in [1.807, 2.05) is 36.4 Å². The van der Waals surface area contributed by atoms with Gasteiger partial charge in [-0.05, 0) is 67.8 Å². The third kappa shape index (κ3) is 6.32. The lowest BCUT2D eigenvalue weighted by Gasteiger charge is -2.12. The predicted octanol–water partition coefficient (Wildman–Crippen LogP) is 3.94. The van der Waals surface area contributed by atoms with E-state index in [0.717, 1.165) is 10.8 Å². The molecule has 0 saturated heterocycles. The van der Waals surface area contributed by atoms with Gasteiger partial charge in [-0.15, -0.1) is 0 Å². The molecular weight excluding hydrogens is 498 g/mol. The second-order valence-electron chi connectivity index (χ2n) is 7.87. The third-order valence-corrected chi connectivity index (χ3v) is 6.54. The number of nitrogens with zero attached hydrogens (tertiary/aromatic N) is 2. The number of fused-ring (bicyclic) bond motifs is 1. The molecule has 0 unspecified atom stereocenters. The molecule has 0 radical (unpaired) electrons. The van der Waals surface area contributed by atoms with Crippen molar-refractivity contribution in [1.29, 1.82) is 0 Å². The molecule has 0 atom stereocenters. The average Bonchev–Trinajstić information content (AvgIpc) is 2.82. The highest BCUT2D eigenvalue weighted by molar-refractivity contribution is 7.92. The van der Waals surface area contributed by atoms with Crippen LogP contribution in [0, 0.1) is 13.8 Å². The standard InChI is InChI=1S/C25H23N5O4S2/c1-16-14-17(2)27-24(26-16)30-36(32,33)20-12-10-19(11-13-20)28-25(35)29-23(31)15-34-22-9-5-7-18-6-3-4-8-21(18)22/h3-14H,15H2,1-2H3,(H,26,27,30)(H2,28,29,31,35). The van der Waals surface area contributed by atoms with Crippen molar-refractivity contribution in [1.82, 2.24) is 15.3 Å². The minimum absolute atomic E-state index is 0.00399. The Morgan fingerprint density at radius 1 is 0.944 bits per heavy atom. The molecule has 0 bridgehead atoms. The summed E-state index contributed by atoms with van der Waals surface area (Å²) in [7, 11) is -3.88. The normalized spacial score (nSPS) is 11.1. The number of nitrogens with one attached hydrogen (secondary N) is 3. The van der Waals surface area contributed by atoms with Crippen LogP contribution >= 0.6 is 12.2 Å². The molecule has 0 aliphatic heterocycles. The molecule has 184 valence electrons. The van der Waals surface area contributed by atoms with Crippen LogP contribution in [0.1, 0.15) is 11.4 Å². The largest absolute Gasteiger partial charge is 0.483 e. The van der Waals surface area contributed by atoms with Gasteiger partial charge in [-0.3, -0.25) is 10.1 Å². The zero-order valence-corrected chi connectivity index (χ0v) is 21.1. The molecule has 0 aliphatic rings. The van der Waals surface area contributed by atoms with Crippen molar-refractivity contribution < 1.29 is 17.9 Å². The number of ether oxygens (including phenoxy) is 1. The van der Waals surface area contributed by atoms with Gasteiger partial charge < -0.3 is 10.1 Å². The summed E-state index contributed by atoms with van der Waals surface area (Å²) in [6.07, 6.45) is 0. The van der Waals surface area contributed by atoms with E-state index in [2.05, 4.69) is 25.3 Å². The van der Waals surface area contributed by atoms with E-state index in [4.69, 9.17) is 17.0 Å². The average molecular weight is 522 g/mol. The fourth-order valence-corrected chi connectivity index (χ4v) is 4.63. The van der Waals surface area contributed by atoms with Crippen LogP contribution in [0.4, 0.5) is 11.6 Å². The molecule has 9 nitrogen and oxygen atoms in total. The van der Waals surface area contributed by atoms with Crippen LogP contribution in [-0.2, 0) is 14.8 Å². The summed E-state index contributed by atoms with van der Waals surface area (Å²) in [5.41, 5.74) is 1.80. The molecule has 0 fully saturated rings. The summed E-state index contributed by atoms with van der Waals surface area (Å²) < 4.78 is 33.4. The summed E-state index contributed by atoms with van der Waals surface area (Å²) in [5, 5.41) is 7.36. The van der Waals surface area contributed by atoms with Gasteiger partial charge in [0.2, 0.25) is 5.95 Å². The highest BCUT2D eigenvalue weighted by Crippen LogP contribution is 2.25. The fourth-order valence-electron chi connectivity index (χ4n) is 3.46. The first-order valence-corrected chi connectivity index (χ1v) is 12.8. The summed E-state index contributed by atoms with van der Waals surface area (Å²) in [4.78, 5) is 20.5. The van der Waals surface area contributed by atoms with Crippen LogP contribution in [0.3, 0.4) is 0 Å². The van der Waals surface area contributed by atoms with Crippen LogP contribution in [0.25, 0.3) is 10.8 Å². The van der Waals surface area contributed by atoms with Gasteiger partial charge in [0.1, 0.15) is 5.75 Å². The Hall–Kier alpha value is -4.09. The van der Waals surface area contributed by atoms with Gasteiger partial charge in [-0.2, -0.15) is 0 Å². The molecule has 3 N–H and O–H groups in total. The van der Waals surface area contributed by atoms with E-state index >= 15 is 0 Å². The zero-order valence-electron chi connectivity index (χ0n) is 19.5. The topological polar surface area (TPSA) is 122 Å². The van der Waals surface area contributed by atoms with E-state index in [9.17, 15) is 13.2 Å². The molecule has 4 rings (SSSR count). The van der Waals surface area contributed by atoms with Crippen molar-refractivity contribution in [3.8, 4) is 5.75 Å². The molecule has 3 aromatic carbocycles. The van der Waals surface area contributed by atoms with E-state index in [1.165, 1.54) is 24.3 Å². The number of sulfonamides is 1. The second-order valence-corrected chi connectivity index (χ2v) is 9.96. The number of rotatable bonds is 7. The molecule has 0 spiro atoms. The maximum absolute atomic E-state index is 12.7. The van der Waals surface area contributed by atoms with Crippen molar-refractivity contribution in [2.24, 2.45) is 0 Å². The zero-order chi connectivity index (χ0) is 25.7. The van der Waals surface area contributed by atoms with Crippen LogP contribution in [0.15, 0.2) is 77.7 Å². The molecule has 1 heterocycles. The van der Waals surface area contributed by atoms with Crippen LogP contribution < -0.4 is 20.1 Å². The lowest BCUT2D eigenvalue weighted by atomic mass is 10.1. The van der Waals surface area contributed by atoms with Gasteiger partial charge in [0.25, 0.3) is 15.9 Å². The lowest BCUT2D eigenvalue weighted by molar-refractivity contribution is -0.121. The van der Waals surface area contributed by atoms with E-state index in [0.29, 0.717) is 22.8 Å². The van der Waals surface area contributed by atoms with E-state index in [1.54, 1.807) is 26.0 Å². The number of carbonyl (C=O) groups is 1. The van der Waals surface area contributed by atoms with Crippen LogP contribution in [-0.4, -0.2) is 36.0 Å². The third-order valence-electron chi connectivity index (χ3n) is 4.99. The van der Waals surface area contributed by atoms with Gasteiger partial charge in [-0.25, -0.2) is 23.1 Å². The minimum Gasteiger partial charge on any atom is -0.483 e. The maximum Gasteiger partial charge on any atom is 0.264 e. The molecule has 36 heavy (non-hydrogen) atoms. The summed E-state index contributed by atoms with van der Waals surface area (Å²) in [5.74, 6) is 0.167. The Balaban J connectivity index is 1.32. The Kier molecular flexibility index (Phi) is 7.41. The Morgan fingerprint density at radius 3 is 2.33 bits per heavy atom. The maximum atomic E-state index is 12.7. The number of hydrogen-bond donors (Lipinski definition) is 3. The number of hydrogen-bond acceptors (Lipinski definition) is 7. The SMILES string of the molecule is Cc1cc(C)nc(NS(=O)(=O)c2ccc(NC(=S)NC(=O)COc3cccc4ccccc34)cc2)n1. The quantitative estimate of drug-likeness (QED) is 0.313. The molecule has 1 amide bonds. The number of amides is 1. The Bertz CT molecular complexity index is 1510. The summed E-state index contributed by atoms with van der Waals surface area (Å²) in [6.45, 7) is 3.29. The van der Waals surface area contributed by atoms with Gasteiger partial charge in [0.15, 0.2) is 11.7 Å². The monoisotopic (exact) mass is 521 g/mol. The highest BCUT2D eigenvalue weighted by atomic mass is 32.2. The molecular formula is C25H23N5O4S2. The number of anilines is 2. The van der Waals surface area contributed by atoms with Crippen molar-refractivity contribution >= 4 is 55.7 Å². The van der Waals surface area contributed by atoms with Crippen molar-refractivity contribution in [3.63, 3.8) is 0 Å². The number of aryl methyl sites for hydroxylation is 2. The van der Waals surface area contributed by atoms with Gasteiger partial charge in [-0.1, -0.05) is 36.4 Å². The number of aromatic nitrogens is 2. The second kappa shape index (κ2) is 10.7. The number of thiocarbonyl (C=S) groups is 1. The first-order chi connectivity index (χ1) is 17.2. The molecule has 0 aliphatic carbocycles. The van der Waals surface area contributed by atoms with Crippen molar-refractivity contribution in [2.45, 2.75) is 18.7 Å². The number of carbonyl (C=O) groups excluding carboxylic acids is 1. The first-order valence-electron chi connectivity index (χ1n) is 10.9. The van der Waals surface area contributed by atoms with Gasteiger partial charge in [0, 0.05) is 22.5 Å². The Labute approximate surface area is 214 Å². The lowest BCUT2D eigenvalue weighted by Crippen LogP contribution is -2.37. The highest BCUT2D eigenvalue weighted by Gasteiger charge is 2.16. The minimum atomic E-state index is -3.88. The molecule has 1 aromatic heterocycles. The van der Waals surface area contributed by atoms with Crippen molar-refractivity contribution in [2.75, 3.05) is 16.6 Å². The summed E-state index contributed by atoms with van der Waals surface area (Å²) >= 11 is 5.19.